The molecule has 1 atom stereocenters. The lowest BCUT2D eigenvalue weighted by atomic mass is 10.2. The molecular weight excluding hydrogens is 307 g/mol. The fourth-order valence-electron chi connectivity index (χ4n) is 1.10. The number of carboxylic acid groups (broad SMARTS) is 1. The number of carboxylic acids is 1. The van der Waals surface area contributed by atoms with Crippen LogP contribution in [0.3, 0.4) is 0 Å². The summed E-state index contributed by atoms with van der Waals surface area (Å²) in [4.78, 5) is 24.2. The number of nitrogens with zero attached hydrogens (tertiary/aromatic N) is 1. The highest BCUT2D eigenvalue weighted by atomic mass is 19.4. The summed E-state index contributed by atoms with van der Waals surface area (Å²) in [5, 5.41) is 7.12. The van der Waals surface area contributed by atoms with E-state index >= 15 is 0 Å². The van der Waals surface area contributed by atoms with E-state index in [2.05, 4.69) is 4.99 Å². The molecule has 0 rings (SSSR count). The zero-order valence-corrected chi connectivity index (χ0v) is 12.5. The van der Waals surface area contributed by atoms with Crippen LogP contribution < -0.4 is 11.5 Å². The number of alkyl halides is 3. The Morgan fingerprint density at radius 2 is 1.73 bits per heavy atom. The predicted molar refractivity (Wildman–Crippen MR) is 74.1 cm³/mol. The Morgan fingerprint density at radius 3 is 2.05 bits per heavy atom. The third-order valence-corrected chi connectivity index (χ3v) is 2.12. The molecule has 7 nitrogen and oxygen atoms in total. The summed E-state index contributed by atoms with van der Waals surface area (Å²) in [6, 6.07) is -0.545. The molecule has 0 aromatic carbocycles. The third-order valence-electron chi connectivity index (χ3n) is 2.12. The van der Waals surface area contributed by atoms with Crippen LogP contribution in [0.1, 0.15) is 39.5 Å². The number of rotatable bonds is 7. The normalized spacial score (nSPS) is 11.7. The lowest BCUT2D eigenvalue weighted by molar-refractivity contribution is -0.192. The van der Waals surface area contributed by atoms with Crippen LogP contribution in [0.2, 0.25) is 0 Å². The van der Waals surface area contributed by atoms with E-state index in [1.807, 2.05) is 13.8 Å². The van der Waals surface area contributed by atoms with Gasteiger partial charge in [-0.1, -0.05) is 26.7 Å². The molecule has 5 N–H and O–H groups in total. The van der Waals surface area contributed by atoms with Crippen molar-refractivity contribution in [2.45, 2.75) is 51.7 Å². The largest absolute Gasteiger partial charge is 0.490 e. The summed E-state index contributed by atoms with van der Waals surface area (Å²) in [6.07, 6.45) is -1.77. The topological polar surface area (TPSA) is 128 Å². The maximum atomic E-state index is 11.5. The first-order valence-electron chi connectivity index (χ1n) is 6.61. The van der Waals surface area contributed by atoms with Crippen molar-refractivity contribution in [1.29, 1.82) is 0 Å². The summed E-state index contributed by atoms with van der Waals surface area (Å²) >= 11 is 0. The Morgan fingerprint density at radius 1 is 1.23 bits per heavy atom. The number of aliphatic imine (C=N–C) groups is 1. The highest BCUT2D eigenvalue weighted by molar-refractivity contribution is 5.82. The van der Waals surface area contributed by atoms with Gasteiger partial charge in [-0.15, -0.1) is 0 Å². The van der Waals surface area contributed by atoms with Crippen molar-refractivity contribution in [3.63, 3.8) is 0 Å². The van der Waals surface area contributed by atoms with Gasteiger partial charge in [-0.3, -0.25) is 0 Å². The van der Waals surface area contributed by atoms with Crippen molar-refractivity contribution in [3.8, 4) is 0 Å². The van der Waals surface area contributed by atoms with Gasteiger partial charge in [0, 0.05) is 0 Å². The van der Waals surface area contributed by atoms with Gasteiger partial charge in [-0.05, 0) is 12.8 Å². The summed E-state index contributed by atoms with van der Waals surface area (Å²) in [6.45, 7) is 4.44. The SMILES string of the molecule is CCCCOC(=O)C(CCC)N=C(N)N.O=C(O)C(F)(F)F. The Kier molecular flexibility index (Phi) is 11.8. The van der Waals surface area contributed by atoms with E-state index in [0.29, 0.717) is 13.0 Å². The van der Waals surface area contributed by atoms with Crippen LogP contribution in [0.5, 0.6) is 0 Å². The molecule has 0 aliphatic carbocycles. The molecule has 0 aliphatic heterocycles. The summed E-state index contributed by atoms with van der Waals surface area (Å²) in [5.41, 5.74) is 10.5. The molecule has 0 saturated heterocycles. The molecule has 10 heteroatoms. The molecule has 130 valence electrons. The van der Waals surface area contributed by atoms with Crippen LogP contribution in [-0.4, -0.2) is 41.8 Å². The highest BCUT2D eigenvalue weighted by Crippen LogP contribution is 2.13. The van der Waals surface area contributed by atoms with Crippen LogP contribution >= 0.6 is 0 Å². The Balaban J connectivity index is 0. The van der Waals surface area contributed by atoms with Crippen LogP contribution in [0.4, 0.5) is 13.2 Å². The van der Waals surface area contributed by atoms with Crippen LogP contribution in [0.25, 0.3) is 0 Å². The molecule has 0 heterocycles. The number of nitrogens with two attached hydrogens (primary N) is 2. The zero-order chi connectivity index (χ0) is 17.8. The molecule has 0 spiro atoms. The molecule has 0 fully saturated rings. The smallest absolute Gasteiger partial charge is 0.475 e. The van der Waals surface area contributed by atoms with Crippen molar-refractivity contribution in [1.82, 2.24) is 0 Å². The summed E-state index contributed by atoms with van der Waals surface area (Å²) in [5.74, 6) is -3.16. The number of hydrogen-bond acceptors (Lipinski definition) is 4. The van der Waals surface area contributed by atoms with Crippen molar-refractivity contribution < 1.29 is 32.6 Å². The Labute approximate surface area is 126 Å². The summed E-state index contributed by atoms with van der Waals surface area (Å²) in [7, 11) is 0. The monoisotopic (exact) mass is 329 g/mol. The minimum absolute atomic E-state index is 0.0686. The molecule has 0 radical (unpaired) electrons. The second-order valence-electron chi connectivity index (χ2n) is 4.18. The number of esters is 1. The van der Waals surface area contributed by atoms with E-state index in [4.69, 9.17) is 26.1 Å². The quantitative estimate of drug-likeness (QED) is 0.280. The Hall–Kier alpha value is -2.00. The van der Waals surface area contributed by atoms with E-state index in [9.17, 15) is 18.0 Å². The fraction of sp³-hybridized carbons (Fsp3) is 0.750. The lowest BCUT2D eigenvalue weighted by Gasteiger charge is -2.11. The zero-order valence-electron chi connectivity index (χ0n) is 12.5. The first kappa shape index (κ1) is 22.3. The van der Waals surface area contributed by atoms with Crippen LogP contribution in [-0.2, 0) is 14.3 Å². The van der Waals surface area contributed by atoms with Gasteiger partial charge in [0.25, 0.3) is 0 Å². The first-order valence-corrected chi connectivity index (χ1v) is 6.61. The number of unbranched alkanes of at least 4 members (excludes halogenated alkanes) is 1. The molecule has 1 unspecified atom stereocenters. The fourth-order valence-corrected chi connectivity index (χ4v) is 1.10. The number of carbonyl (C=O) groups excluding carboxylic acids is 1. The second-order valence-corrected chi connectivity index (χ2v) is 4.18. The molecule has 0 bridgehead atoms. The lowest BCUT2D eigenvalue weighted by Crippen LogP contribution is -2.30. The Bertz CT molecular complexity index is 369. The number of aliphatic carboxylic acids is 1. The van der Waals surface area contributed by atoms with E-state index in [-0.39, 0.29) is 11.9 Å². The second kappa shape index (κ2) is 11.6. The molecule has 0 aromatic heterocycles. The predicted octanol–water partition coefficient (Wildman–Crippen LogP) is 1.41. The average Bonchev–Trinajstić information content (AvgIpc) is 2.37. The van der Waals surface area contributed by atoms with Crippen molar-refractivity contribution in [2.24, 2.45) is 16.5 Å². The highest BCUT2D eigenvalue weighted by Gasteiger charge is 2.38. The third kappa shape index (κ3) is 13.0. The van der Waals surface area contributed by atoms with Crippen LogP contribution in [0, 0.1) is 0 Å². The number of carbonyl (C=O) groups is 2. The maximum Gasteiger partial charge on any atom is 0.490 e. The maximum absolute atomic E-state index is 11.5. The standard InChI is InChI=1S/C10H21N3O2.C2HF3O2/c1-3-5-7-15-9(14)8(6-4-2)13-10(11)12;3-2(4,5)1(6)7/h8H,3-7H2,1-2H3,(H4,11,12,13);(H,6,7). The van der Waals surface area contributed by atoms with Gasteiger partial charge in [0.1, 0.15) is 0 Å². The van der Waals surface area contributed by atoms with E-state index in [1.54, 1.807) is 0 Å². The van der Waals surface area contributed by atoms with Gasteiger partial charge >= 0.3 is 18.1 Å². The number of halogens is 3. The van der Waals surface area contributed by atoms with Gasteiger partial charge in [-0.25, -0.2) is 14.6 Å². The number of hydrogen-bond donors (Lipinski definition) is 3. The van der Waals surface area contributed by atoms with Gasteiger partial charge in [0.15, 0.2) is 12.0 Å². The van der Waals surface area contributed by atoms with E-state index < -0.39 is 18.2 Å². The van der Waals surface area contributed by atoms with Gasteiger partial charge in [-0.2, -0.15) is 13.2 Å². The summed E-state index contributed by atoms with van der Waals surface area (Å²) < 4.78 is 36.8. The van der Waals surface area contributed by atoms with Crippen LogP contribution in [0.15, 0.2) is 4.99 Å². The van der Waals surface area contributed by atoms with Gasteiger partial charge in [0.05, 0.1) is 6.61 Å². The molecule has 0 amide bonds. The minimum atomic E-state index is -5.08. The van der Waals surface area contributed by atoms with E-state index in [0.717, 1.165) is 19.3 Å². The molecular formula is C12H22F3N3O4. The van der Waals surface area contributed by atoms with Gasteiger partial charge in [0.2, 0.25) is 0 Å². The van der Waals surface area contributed by atoms with Crippen molar-refractivity contribution >= 4 is 17.9 Å². The molecule has 0 aliphatic rings. The average molecular weight is 329 g/mol. The molecule has 22 heavy (non-hydrogen) atoms. The molecule has 0 aromatic rings. The molecule has 0 saturated carbocycles. The number of guanidine groups is 1. The number of ether oxygens (including phenoxy) is 1. The van der Waals surface area contributed by atoms with Gasteiger partial charge < -0.3 is 21.3 Å². The van der Waals surface area contributed by atoms with E-state index in [1.165, 1.54) is 0 Å². The first-order chi connectivity index (χ1) is 10.1. The van der Waals surface area contributed by atoms with Crippen molar-refractivity contribution in [3.05, 3.63) is 0 Å². The van der Waals surface area contributed by atoms with Crippen molar-refractivity contribution in [2.75, 3.05) is 6.61 Å². The minimum Gasteiger partial charge on any atom is -0.475 e.